The number of pyridine rings is 1. The zero-order chi connectivity index (χ0) is 11.5. The van der Waals surface area contributed by atoms with Crippen LogP contribution in [-0.4, -0.2) is 10.1 Å². The summed E-state index contributed by atoms with van der Waals surface area (Å²) in [6.07, 6.45) is 1.74. The quantitative estimate of drug-likeness (QED) is 0.822. The van der Waals surface area contributed by atoms with E-state index in [1.54, 1.807) is 12.3 Å². The van der Waals surface area contributed by atoms with Crippen molar-refractivity contribution in [3.05, 3.63) is 35.3 Å². The van der Waals surface area contributed by atoms with Crippen molar-refractivity contribution in [3.63, 3.8) is 0 Å². The molecule has 5 nitrogen and oxygen atoms in total. The summed E-state index contributed by atoms with van der Waals surface area (Å²) in [6, 6.07) is 3.68. The van der Waals surface area contributed by atoms with E-state index in [-0.39, 0.29) is 0 Å². The van der Waals surface area contributed by atoms with Gasteiger partial charge >= 0.3 is 0 Å². The molecule has 0 spiro atoms. The van der Waals surface area contributed by atoms with E-state index in [1.165, 1.54) is 0 Å². The molecule has 0 radical (unpaired) electrons. The third-order valence-electron chi connectivity index (χ3n) is 2.27. The minimum Gasteiger partial charge on any atom is -0.398 e. The topological polar surface area (TPSA) is 77.0 Å². The molecule has 16 heavy (non-hydrogen) atoms. The molecule has 0 aliphatic heterocycles. The molecule has 5 heteroatoms. The molecule has 2 aromatic rings. The molecular formula is C11H14N4O. The predicted octanol–water partition coefficient (Wildman–Crippen LogP) is 1.88. The molecule has 3 N–H and O–H groups in total. The number of aromatic nitrogens is 2. The lowest BCUT2D eigenvalue weighted by molar-refractivity contribution is 0.384. The van der Waals surface area contributed by atoms with Crippen LogP contribution in [0.3, 0.4) is 0 Å². The molecule has 0 atom stereocenters. The van der Waals surface area contributed by atoms with Gasteiger partial charge in [-0.05, 0) is 19.4 Å². The zero-order valence-corrected chi connectivity index (χ0v) is 9.32. The summed E-state index contributed by atoms with van der Waals surface area (Å²) in [6.45, 7) is 4.36. The largest absolute Gasteiger partial charge is 0.398 e. The fraction of sp³-hybridized carbons (Fsp3) is 0.273. The number of nitrogens with zero attached hydrogens (tertiary/aromatic N) is 2. The number of anilines is 2. The van der Waals surface area contributed by atoms with Gasteiger partial charge in [0.2, 0.25) is 0 Å². The van der Waals surface area contributed by atoms with Gasteiger partial charge in [-0.25, -0.2) is 4.98 Å². The molecular weight excluding hydrogens is 204 g/mol. The van der Waals surface area contributed by atoms with Crippen LogP contribution in [0.1, 0.15) is 17.0 Å². The van der Waals surface area contributed by atoms with Crippen molar-refractivity contribution in [3.8, 4) is 0 Å². The molecule has 0 unspecified atom stereocenters. The molecule has 0 aromatic carbocycles. The van der Waals surface area contributed by atoms with Crippen molar-refractivity contribution >= 4 is 11.5 Å². The van der Waals surface area contributed by atoms with E-state index >= 15 is 0 Å². The molecule has 2 rings (SSSR count). The average Bonchev–Trinajstić information content (AvgIpc) is 2.66. The molecule has 0 amide bonds. The van der Waals surface area contributed by atoms with Gasteiger partial charge in [0.15, 0.2) is 5.76 Å². The van der Waals surface area contributed by atoms with Crippen LogP contribution in [0.2, 0.25) is 0 Å². The predicted molar refractivity (Wildman–Crippen MR) is 62.0 cm³/mol. The van der Waals surface area contributed by atoms with Crippen LogP contribution in [0, 0.1) is 13.8 Å². The first-order valence-corrected chi connectivity index (χ1v) is 5.03. The van der Waals surface area contributed by atoms with E-state index in [4.69, 9.17) is 10.3 Å². The van der Waals surface area contributed by atoms with Gasteiger partial charge in [0.1, 0.15) is 5.82 Å². The van der Waals surface area contributed by atoms with Gasteiger partial charge in [0.05, 0.1) is 12.2 Å². The molecule has 2 heterocycles. The highest BCUT2D eigenvalue weighted by atomic mass is 16.5. The maximum Gasteiger partial charge on any atom is 0.156 e. The van der Waals surface area contributed by atoms with Crippen LogP contribution in [-0.2, 0) is 6.54 Å². The van der Waals surface area contributed by atoms with E-state index < -0.39 is 0 Å². The van der Waals surface area contributed by atoms with Crippen LogP contribution >= 0.6 is 0 Å². The standard InChI is InChI=1S/C11H14N4O/c1-7-5-13-11(4-10(7)12)14-6-9-3-8(2)15-16-9/h3-5H,6H2,1-2H3,(H3,12,13,14). The van der Waals surface area contributed by atoms with Crippen LogP contribution in [0.15, 0.2) is 22.9 Å². The fourth-order valence-electron chi connectivity index (χ4n) is 1.31. The summed E-state index contributed by atoms with van der Waals surface area (Å²) in [5.41, 5.74) is 8.35. The van der Waals surface area contributed by atoms with Gasteiger partial charge in [-0.1, -0.05) is 5.16 Å². The van der Waals surface area contributed by atoms with Gasteiger partial charge in [0, 0.05) is 24.0 Å². The summed E-state index contributed by atoms with van der Waals surface area (Å²) in [5.74, 6) is 1.51. The van der Waals surface area contributed by atoms with Crippen molar-refractivity contribution in [1.29, 1.82) is 0 Å². The van der Waals surface area contributed by atoms with Crippen molar-refractivity contribution < 1.29 is 4.52 Å². The number of nitrogen functional groups attached to an aromatic ring is 1. The minimum absolute atomic E-state index is 0.552. The molecule has 0 aliphatic carbocycles. The molecule has 2 aromatic heterocycles. The van der Waals surface area contributed by atoms with E-state index in [0.717, 1.165) is 28.5 Å². The van der Waals surface area contributed by atoms with E-state index in [9.17, 15) is 0 Å². The highest BCUT2D eigenvalue weighted by molar-refractivity contribution is 5.53. The summed E-state index contributed by atoms with van der Waals surface area (Å²) in [5, 5.41) is 6.92. The maximum absolute atomic E-state index is 5.78. The monoisotopic (exact) mass is 218 g/mol. The lowest BCUT2D eigenvalue weighted by atomic mass is 10.2. The van der Waals surface area contributed by atoms with Gasteiger partial charge < -0.3 is 15.6 Å². The first kappa shape index (κ1) is 10.5. The second-order valence-corrected chi connectivity index (χ2v) is 3.71. The number of nitrogens with one attached hydrogen (secondary N) is 1. The Morgan fingerprint density at radius 1 is 1.38 bits per heavy atom. The first-order valence-electron chi connectivity index (χ1n) is 5.03. The molecule has 0 bridgehead atoms. The highest BCUT2D eigenvalue weighted by Crippen LogP contribution is 2.14. The minimum atomic E-state index is 0.552. The molecule has 0 fully saturated rings. The first-order chi connectivity index (χ1) is 7.65. The van der Waals surface area contributed by atoms with Crippen molar-refractivity contribution in [2.75, 3.05) is 11.1 Å². The second-order valence-electron chi connectivity index (χ2n) is 3.71. The lowest BCUT2D eigenvalue weighted by Gasteiger charge is -2.05. The van der Waals surface area contributed by atoms with Gasteiger partial charge in [-0.2, -0.15) is 0 Å². The van der Waals surface area contributed by atoms with Crippen molar-refractivity contribution in [1.82, 2.24) is 10.1 Å². The van der Waals surface area contributed by atoms with E-state index in [0.29, 0.717) is 6.54 Å². The Bertz CT molecular complexity index is 492. The number of rotatable bonds is 3. The second kappa shape index (κ2) is 4.22. The Hall–Kier alpha value is -2.04. The normalized spacial score (nSPS) is 10.4. The Kier molecular flexibility index (Phi) is 2.76. The highest BCUT2D eigenvalue weighted by Gasteiger charge is 2.02. The molecule has 84 valence electrons. The van der Waals surface area contributed by atoms with Crippen molar-refractivity contribution in [2.45, 2.75) is 20.4 Å². The molecule has 0 saturated heterocycles. The van der Waals surface area contributed by atoms with Crippen LogP contribution in [0.25, 0.3) is 0 Å². The smallest absolute Gasteiger partial charge is 0.156 e. The molecule has 0 aliphatic rings. The maximum atomic E-state index is 5.78. The number of hydrogen-bond donors (Lipinski definition) is 2. The summed E-state index contributed by atoms with van der Waals surface area (Å²) >= 11 is 0. The number of hydrogen-bond acceptors (Lipinski definition) is 5. The third kappa shape index (κ3) is 2.31. The Morgan fingerprint density at radius 3 is 2.81 bits per heavy atom. The zero-order valence-electron chi connectivity index (χ0n) is 9.32. The van der Waals surface area contributed by atoms with Crippen molar-refractivity contribution in [2.24, 2.45) is 0 Å². The van der Waals surface area contributed by atoms with E-state index in [1.807, 2.05) is 19.9 Å². The third-order valence-corrected chi connectivity index (χ3v) is 2.27. The Labute approximate surface area is 93.7 Å². The van der Waals surface area contributed by atoms with Crippen LogP contribution in [0.4, 0.5) is 11.5 Å². The summed E-state index contributed by atoms with van der Waals surface area (Å²) in [7, 11) is 0. The van der Waals surface area contributed by atoms with Crippen LogP contribution < -0.4 is 11.1 Å². The van der Waals surface area contributed by atoms with Gasteiger partial charge in [-0.15, -0.1) is 0 Å². The number of aryl methyl sites for hydroxylation is 2. The molecule has 0 saturated carbocycles. The Balaban J connectivity index is 2.02. The number of nitrogens with two attached hydrogens (primary N) is 1. The van der Waals surface area contributed by atoms with Crippen LogP contribution in [0.5, 0.6) is 0 Å². The van der Waals surface area contributed by atoms with E-state index in [2.05, 4.69) is 15.5 Å². The fourth-order valence-corrected chi connectivity index (χ4v) is 1.31. The summed E-state index contributed by atoms with van der Waals surface area (Å²) in [4.78, 5) is 4.21. The average molecular weight is 218 g/mol. The SMILES string of the molecule is Cc1cc(CNc2cc(N)c(C)cn2)on1. The lowest BCUT2D eigenvalue weighted by Crippen LogP contribution is -2.02. The summed E-state index contributed by atoms with van der Waals surface area (Å²) < 4.78 is 5.07. The van der Waals surface area contributed by atoms with Gasteiger partial charge in [-0.3, -0.25) is 0 Å². The van der Waals surface area contributed by atoms with Gasteiger partial charge in [0.25, 0.3) is 0 Å². The Morgan fingerprint density at radius 2 is 2.19 bits per heavy atom.